The quantitative estimate of drug-likeness (QED) is 0.647. The number of nitrogen functional groups attached to an aromatic ring is 1. The molecule has 2 N–H and O–H groups in total. The lowest BCUT2D eigenvalue weighted by Gasteiger charge is -2.07. The Balaban J connectivity index is 2.03. The first-order valence-corrected chi connectivity index (χ1v) is 7.18. The molecule has 1 heterocycles. The van der Waals surface area contributed by atoms with Gasteiger partial charge in [-0.05, 0) is 25.1 Å². The van der Waals surface area contributed by atoms with Gasteiger partial charge >= 0.3 is 0 Å². The van der Waals surface area contributed by atoms with E-state index in [1.165, 1.54) is 0 Å². The van der Waals surface area contributed by atoms with Gasteiger partial charge in [0.05, 0.1) is 12.4 Å². The van der Waals surface area contributed by atoms with Gasteiger partial charge in [-0.2, -0.15) is 4.98 Å². The van der Waals surface area contributed by atoms with Crippen LogP contribution in [0.2, 0.25) is 0 Å². The van der Waals surface area contributed by atoms with Crippen molar-refractivity contribution >= 4 is 17.4 Å². The van der Waals surface area contributed by atoms with Crippen LogP contribution < -0.4 is 10.5 Å². The maximum absolute atomic E-state index is 5.94. The Kier molecular flexibility index (Phi) is 4.68. The number of ether oxygens (including phenoxy) is 1. The number of thioether (sulfide) groups is 1. The van der Waals surface area contributed by atoms with Crippen LogP contribution in [0.1, 0.15) is 25.6 Å². The molecule has 0 aliphatic heterocycles. The summed E-state index contributed by atoms with van der Waals surface area (Å²) < 4.78 is 10.6. The molecule has 0 saturated heterocycles. The molecule has 0 radical (unpaired) electrons. The Bertz CT molecular complexity index is 542. The van der Waals surface area contributed by atoms with Crippen molar-refractivity contribution in [1.82, 2.24) is 10.1 Å². The normalized spacial score (nSPS) is 10.6. The molecule has 19 heavy (non-hydrogen) atoms. The molecule has 102 valence electrons. The predicted octanol–water partition coefficient (Wildman–Crippen LogP) is 2.91. The van der Waals surface area contributed by atoms with Crippen molar-refractivity contribution in [3.8, 4) is 5.75 Å². The van der Waals surface area contributed by atoms with Crippen molar-refractivity contribution in [3.05, 3.63) is 29.9 Å². The number of hydrogen-bond acceptors (Lipinski definition) is 6. The van der Waals surface area contributed by atoms with Gasteiger partial charge in [-0.3, -0.25) is 0 Å². The number of benzene rings is 1. The largest absolute Gasteiger partial charge is 0.494 e. The second-order valence-corrected chi connectivity index (χ2v) is 4.90. The highest BCUT2D eigenvalue weighted by molar-refractivity contribution is 7.98. The highest BCUT2D eigenvalue weighted by Gasteiger charge is 2.08. The summed E-state index contributed by atoms with van der Waals surface area (Å²) in [4.78, 5) is 5.22. The van der Waals surface area contributed by atoms with Gasteiger partial charge in [0.1, 0.15) is 5.75 Å². The molecule has 0 aliphatic carbocycles. The van der Waals surface area contributed by atoms with Crippen LogP contribution in [0.3, 0.4) is 0 Å². The highest BCUT2D eigenvalue weighted by Crippen LogP contribution is 2.31. The monoisotopic (exact) mass is 279 g/mol. The van der Waals surface area contributed by atoms with Crippen LogP contribution in [-0.4, -0.2) is 16.7 Å². The molecule has 5 nitrogen and oxygen atoms in total. The average Bonchev–Trinajstić information content (AvgIpc) is 2.88. The Morgan fingerprint density at radius 1 is 1.37 bits per heavy atom. The summed E-state index contributed by atoms with van der Waals surface area (Å²) >= 11 is 1.56. The van der Waals surface area contributed by atoms with E-state index in [1.54, 1.807) is 11.8 Å². The van der Waals surface area contributed by atoms with Gasteiger partial charge in [-0.25, -0.2) is 0 Å². The number of aromatic nitrogens is 2. The number of nitrogens with two attached hydrogens (primary N) is 1. The van der Waals surface area contributed by atoms with Crippen molar-refractivity contribution in [2.75, 3.05) is 12.3 Å². The number of aryl methyl sites for hydroxylation is 1. The molecule has 2 rings (SSSR count). The minimum atomic E-state index is 0.604. The van der Waals surface area contributed by atoms with Gasteiger partial charge in [0.15, 0.2) is 5.82 Å². The third-order valence-corrected chi connectivity index (χ3v) is 3.53. The minimum Gasteiger partial charge on any atom is -0.494 e. The second-order valence-electron chi connectivity index (χ2n) is 3.88. The van der Waals surface area contributed by atoms with E-state index in [1.807, 2.05) is 32.0 Å². The van der Waals surface area contributed by atoms with E-state index in [2.05, 4.69) is 10.1 Å². The fourth-order valence-electron chi connectivity index (χ4n) is 1.53. The average molecular weight is 279 g/mol. The summed E-state index contributed by atoms with van der Waals surface area (Å²) in [7, 11) is 0. The molecular formula is C13H17N3O2S. The smallest absolute Gasteiger partial charge is 0.237 e. The standard InChI is InChI=1S/C13H17N3O2S/c1-3-12-15-13(18-16-12)8-19-11-7-9(17-4-2)5-6-10(11)14/h5-7H,3-4,8,14H2,1-2H3. The molecule has 0 spiro atoms. The summed E-state index contributed by atoms with van der Waals surface area (Å²) in [5.74, 6) is 2.76. The maximum atomic E-state index is 5.94. The lowest BCUT2D eigenvalue weighted by molar-refractivity contribution is 0.339. The van der Waals surface area contributed by atoms with Crippen LogP contribution in [0.4, 0.5) is 5.69 Å². The minimum absolute atomic E-state index is 0.604. The molecule has 6 heteroatoms. The molecule has 0 saturated carbocycles. The zero-order valence-electron chi connectivity index (χ0n) is 11.0. The zero-order chi connectivity index (χ0) is 13.7. The second kappa shape index (κ2) is 6.47. The number of anilines is 1. The first kappa shape index (κ1) is 13.7. The summed E-state index contributed by atoms with van der Waals surface area (Å²) in [5.41, 5.74) is 6.66. The topological polar surface area (TPSA) is 74.2 Å². The van der Waals surface area contributed by atoms with E-state index in [-0.39, 0.29) is 0 Å². The van der Waals surface area contributed by atoms with E-state index >= 15 is 0 Å². The first-order chi connectivity index (χ1) is 9.22. The van der Waals surface area contributed by atoms with Gasteiger partial charge in [0, 0.05) is 17.0 Å². The SMILES string of the molecule is CCOc1ccc(N)c(SCc2nc(CC)no2)c1. The van der Waals surface area contributed by atoms with Gasteiger partial charge < -0.3 is 15.0 Å². The Morgan fingerprint density at radius 2 is 2.21 bits per heavy atom. The Labute approximate surface area is 116 Å². The van der Waals surface area contributed by atoms with E-state index in [0.29, 0.717) is 18.3 Å². The molecule has 1 aromatic carbocycles. The maximum Gasteiger partial charge on any atom is 0.237 e. The van der Waals surface area contributed by atoms with Gasteiger partial charge in [-0.1, -0.05) is 12.1 Å². The van der Waals surface area contributed by atoms with E-state index in [4.69, 9.17) is 15.0 Å². The predicted molar refractivity (Wildman–Crippen MR) is 75.3 cm³/mol. The summed E-state index contributed by atoms with van der Waals surface area (Å²) in [5, 5.41) is 3.86. The van der Waals surface area contributed by atoms with Crippen molar-refractivity contribution < 1.29 is 9.26 Å². The van der Waals surface area contributed by atoms with Crippen molar-refractivity contribution in [1.29, 1.82) is 0 Å². The zero-order valence-corrected chi connectivity index (χ0v) is 11.9. The lowest BCUT2D eigenvalue weighted by atomic mass is 10.3. The molecule has 0 aliphatic rings. The summed E-state index contributed by atoms with van der Waals surface area (Å²) in [6.07, 6.45) is 0.774. The molecule has 0 atom stereocenters. The van der Waals surface area contributed by atoms with Crippen molar-refractivity contribution in [2.45, 2.75) is 30.9 Å². The lowest BCUT2D eigenvalue weighted by Crippen LogP contribution is -1.94. The third-order valence-electron chi connectivity index (χ3n) is 2.47. The van der Waals surface area contributed by atoms with E-state index in [9.17, 15) is 0 Å². The summed E-state index contributed by atoms with van der Waals surface area (Å²) in [6, 6.07) is 5.64. The molecule has 0 bridgehead atoms. The molecular weight excluding hydrogens is 262 g/mol. The fraction of sp³-hybridized carbons (Fsp3) is 0.385. The molecule has 0 fully saturated rings. The third kappa shape index (κ3) is 3.64. The number of nitrogens with zero attached hydrogens (tertiary/aromatic N) is 2. The molecule has 0 unspecified atom stereocenters. The van der Waals surface area contributed by atoms with Crippen molar-refractivity contribution in [3.63, 3.8) is 0 Å². The number of hydrogen-bond donors (Lipinski definition) is 1. The fourth-order valence-corrected chi connectivity index (χ4v) is 2.36. The van der Waals surface area contributed by atoms with Crippen LogP contribution in [0, 0.1) is 0 Å². The van der Waals surface area contributed by atoms with Crippen LogP contribution >= 0.6 is 11.8 Å². The Morgan fingerprint density at radius 3 is 2.89 bits per heavy atom. The van der Waals surface area contributed by atoms with Crippen LogP contribution in [0.25, 0.3) is 0 Å². The highest BCUT2D eigenvalue weighted by atomic mass is 32.2. The number of rotatable bonds is 6. The van der Waals surface area contributed by atoms with Gasteiger partial charge in [-0.15, -0.1) is 11.8 Å². The van der Waals surface area contributed by atoms with Crippen LogP contribution in [0.15, 0.2) is 27.6 Å². The summed E-state index contributed by atoms with van der Waals surface area (Å²) in [6.45, 7) is 4.58. The molecule has 1 aromatic heterocycles. The van der Waals surface area contributed by atoms with E-state index < -0.39 is 0 Å². The van der Waals surface area contributed by atoms with Gasteiger partial charge in [0.2, 0.25) is 5.89 Å². The first-order valence-electron chi connectivity index (χ1n) is 6.19. The van der Waals surface area contributed by atoms with Crippen LogP contribution in [0.5, 0.6) is 5.75 Å². The van der Waals surface area contributed by atoms with Gasteiger partial charge in [0.25, 0.3) is 0 Å². The van der Waals surface area contributed by atoms with E-state index in [0.717, 1.165) is 28.6 Å². The molecule has 0 amide bonds. The molecule has 2 aromatic rings. The van der Waals surface area contributed by atoms with Crippen LogP contribution in [-0.2, 0) is 12.2 Å². The van der Waals surface area contributed by atoms with Crippen molar-refractivity contribution in [2.24, 2.45) is 0 Å². The Hall–Kier alpha value is -1.69.